The average molecular weight is 370 g/mol. The Morgan fingerprint density at radius 1 is 1.00 bits per heavy atom. The van der Waals surface area contributed by atoms with Gasteiger partial charge in [-0.05, 0) is 61.2 Å². The molecule has 0 radical (unpaired) electrons. The van der Waals surface area contributed by atoms with Gasteiger partial charge in [-0.3, -0.25) is 0 Å². The van der Waals surface area contributed by atoms with Gasteiger partial charge < -0.3 is 14.8 Å². The zero-order valence-electron chi connectivity index (χ0n) is 14.3. The fourth-order valence-electron chi connectivity index (χ4n) is 3.09. The first-order chi connectivity index (χ1) is 11.6. The van der Waals surface area contributed by atoms with Crippen LogP contribution in [0, 0.1) is 11.6 Å². The van der Waals surface area contributed by atoms with Gasteiger partial charge in [0.05, 0.1) is 19.3 Å². The Morgan fingerprint density at radius 2 is 1.68 bits per heavy atom. The van der Waals surface area contributed by atoms with E-state index in [1.807, 2.05) is 26.0 Å². The second kappa shape index (κ2) is 8.50. The van der Waals surface area contributed by atoms with E-state index in [4.69, 9.17) is 9.47 Å². The molecule has 1 unspecified atom stereocenters. The van der Waals surface area contributed by atoms with Crippen LogP contribution in [0.25, 0.3) is 0 Å². The SMILES string of the molecule is CCOc1cc2c(cc1OCC)C(c1ccc(F)c(F)c1)NCC2.Cl. The van der Waals surface area contributed by atoms with E-state index < -0.39 is 11.6 Å². The number of ether oxygens (including phenoxy) is 2. The van der Waals surface area contributed by atoms with Gasteiger partial charge in [0.1, 0.15) is 0 Å². The van der Waals surface area contributed by atoms with Crippen molar-refractivity contribution in [3.63, 3.8) is 0 Å². The molecule has 0 saturated carbocycles. The normalized spacial score (nSPS) is 15.9. The summed E-state index contributed by atoms with van der Waals surface area (Å²) in [6, 6.07) is 7.78. The maximum absolute atomic E-state index is 13.6. The highest BCUT2D eigenvalue weighted by atomic mass is 35.5. The van der Waals surface area contributed by atoms with Crippen LogP contribution in [0.15, 0.2) is 30.3 Å². The summed E-state index contributed by atoms with van der Waals surface area (Å²) in [5.74, 6) is -0.271. The van der Waals surface area contributed by atoms with Gasteiger partial charge in [0, 0.05) is 6.54 Å². The van der Waals surface area contributed by atoms with Crippen molar-refractivity contribution in [2.45, 2.75) is 26.3 Å². The molecular formula is C19H22ClF2NO2. The minimum Gasteiger partial charge on any atom is -0.490 e. The number of nitrogens with one attached hydrogen (secondary N) is 1. The van der Waals surface area contributed by atoms with Crippen LogP contribution in [0.4, 0.5) is 8.78 Å². The predicted octanol–water partition coefficient (Wildman–Crippen LogP) is 4.42. The molecule has 0 amide bonds. The first-order valence-electron chi connectivity index (χ1n) is 8.24. The lowest BCUT2D eigenvalue weighted by Crippen LogP contribution is -2.30. The minimum absolute atomic E-state index is 0. The van der Waals surface area contributed by atoms with Crippen LogP contribution in [0.5, 0.6) is 11.5 Å². The lowest BCUT2D eigenvalue weighted by Gasteiger charge is -2.29. The van der Waals surface area contributed by atoms with Crippen LogP contribution in [0.3, 0.4) is 0 Å². The number of rotatable bonds is 5. The smallest absolute Gasteiger partial charge is 0.161 e. The predicted molar refractivity (Wildman–Crippen MR) is 95.9 cm³/mol. The standard InChI is InChI=1S/C19H21F2NO2.ClH/c1-3-23-17-10-12-7-8-22-19(14(12)11-18(17)24-4-2)13-5-6-15(20)16(21)9-13;/h5-6,9-11,19,22H,3-4,7-8H2,1-2H3;1H. The van der Waals surface area contributed by atoms with Crippen molar-refractivity contribution >= 4 is 12.4 Å². The van der Waals surface area contributed by atoms with Gasteiger partial charge in [-0.2, -0.15) is 0 Å². The minimum atomic E-state index is -0.837. The van der Waals surface area contributed by atoms with Gasteiger partial charge in [0.2, 0.25) is 0 Å². The molecule has 6 heteroatoms. The molecule has 0 spiro atoms. The summed E-state index contributed by atoms with van der Waals surface area (Å²) in [4.78, 5) is 0. The molecule has 0 aromatic heterocycles. The Hall–Kier alpha value is -1.85. The van der Waals surface area contributed by atoms with Crippen molar-refractivity contribution < 1.29 is 18.3 Å². The second-order valence-corrected chi connectivity index (χ2v) is 5.67. The molecule has 1 heterocycles. The van der Waals surface area contributed by atoms with E-state index in [-0.39, 0.29) is 18.4 Å². The van der Waals surface area contributed by atoms with Crippen LogP contribution in [0.2, 0.25) is 0 Å². The first-order valence-corrected chi connectivity index (χ1v) is 8.24. The first kappa shape index (κ1) is 19.5. The van der Waals surface area contributed by atoms with Gasteiger partial charge in [0.25, 0.3) is 0 Å². The molecule has 2 aromatic carbocycles. The van der Waals surface area contributed by atoms with Gasteiger partial charge >= 0.3 is 0 Å². The van der Waals surface area contributed by atoms with E-state index in [0.29, 0.717) is 24.5 Å². The van der Waals surface area contributed by atoms with E-state index in [1.165, 1.54) is 12.1 Å². The number of fused-ring (bicyclic) bond motifs is 1. The summed E-state index contributed by atoms with van der Waals surface area (Å²) in [7, 11) is 0. The summed E-state index contributed by atoms with van der Waals surface area (Å²) >= 11 is 0. The summed E-state index contributed by atoms with van der Waals surface area (Å²) in [5, 5.41) is 3.37. The van der Waals surface area contributed by atoms with Crippen molar-refractivity contribution in [3.05, 3.63) is 58.7 Å². The molecule has 136 valence electrons. The van der Waals surface area contributed by atoms with Crippen LogP contribution < -0.4 is 14.8 Å². The van der Waals surface area contributed by atoms with E-state index in [1.54, 1.807) is 6.07 Å². The molecule has 3 rings (SSSR count). The van der Waals surface area contributed by atoms with Crippen LogP contribution >= 0.6 is 12.4 Å². The molecule has 0 aliphatic carbocycles. The van der Waals surface area contributed by atoms with Crippen molar-refractivity contribution in [3.8, 4) is 11.5 Å². The number of hydrogen-bond donors (Lipinski definition) is 1. The number of halogens is 3. The molecule has 3 nitrogen and oxygen atoms in total. The molecule has 1 aliphatic rings. The molecule has 1 aliphatic heterocycles. The van der Waals surface area contributed by atoms with Gasteiger partial charge in [-0.25, -0.2) is 8.78 Å². The molecule has 0 fully saturated rings. The molecule has 0 saturated heterocycles. The Labute approximate surface area is 152 Å². The van der Waals surface area contributed by atoms with Crippen molar-refractivity contribution in [2.24, 2.45) is 0 Å². The van der Waals surface area contributed by atoms with E-state index in [2.05, 4.69) is 5.32 Å². The Morgan fingerprint density at radius 3 is 2.32 bits per heavy atom. The monoisotopic (exact) mass is 369 g/mol. The van der Waals surface area contributed by atoms with E-state index >= 15 is 0 Å². The van der Waals surface area contributed by atoms with Gasteiger partial charge in [-0.1, -0.05) is 6.07 Å². The average Bonchev–Trinajstić information content (AvgIpc) is 2.58. The van der Waals surface area contributed by atoms with E-state index in [0.717, 1.165) is 29.8 Å². The van der Waals surface area contributed by atoms with Crippen molar-refractivity contribution in [1.82, 2.24) is 5.32 Å². The fraction of sp³-hybridized carbons (Fsp3) is 0.368. The van der Waals surface area contributed by atoms with Crippen LogP contribution in [-0.2, 0) is 6.42 Å². The maximum atomic E-state index is 13.6. The quantitative estimate of drug-likeness (QED) is 0.846. The molecule has 0 bridgehead atoms. The summed E-state index contributed by atoms with van der Waals surface area (Å²) in [5.41, 5.74) is 2.84. The maximum Gasteiger partial charge on any atom is 0.161 e. The Balaban J connectivity index is 0.00000225. The molecular weight excluding hydrogens is 348 g/mol. The largest absolute Gasteiger partial charge is 0.490 e. The van der Waals surface area contributed by atoms with Crippen LogP contribution in [-0.4, -0.2) is 19.8 Å². The highest BCUT2D eigenvalue weighted by molar-refractivity contribution is 5.85. The van der Waals surface area contributed by atoms with Gasteiger partial charge in [-0.15, -0.1) is 12.4 Å². The third kappa shape index (κ3) is 4.05. The summed E-state index contributed by atoms with van der Waals surface area (Å²) in [6.07, 6.45) is 0.849. The fourth-order valence-corrected chi connectivity index (χ4v) is 3.09. The second-order valence-electron chi connectivity index (χ2n) is 5.67. The summed E-state index contributed by atoms with van der Waals surface area (Å²) in [6.45, 7) is 5.70. The Kier molecular flexibility index (Phi) is 6.62. The number of hydrogen-bond acceptors (Lipinski definition) is 3. The third-order valence-corrected chi connectivity index (χ3v) is 4.14. The number of benzene rings is 2. The van der Waals surface area contributed by atoms with Crippen molar-refractivity contribution in [2.75, 3.05) is 19.8 Å². The molecule has 25 heavy (non-hydrogen) atoms. The zero-order chi connectivity index (χ0) is 17.1. The zero-order valence-corrected chi connectivity index (χ0v) is 15.1. The molecule has 1 atom stereocenters. The Bertz CT molecular complexity index is 740. The summed E-state index contributed by atoms with van der Waals surface area (Å²) < 4.78 is 38.2. The highest BCUT2D eigenvalue weighted by Gasteiger charge is 2.24. The lowest BCUT2D eigenvalue weighted by molar-refractivity contribution is 0.286. The van der Waals surface area contributed by atoms with Gasteiger partial charge in [0.15, 0.2) is 23.1 Å². The lowest BCUT2D eigenvalue weighted by atomic mass is 9.89. The third-order valence-electron chi connectivity index (χ3n) is 4.14. The molecule has 2 aromatic rings. The van der Waals surface area contributed by atoms with Crippen LogP contribution in [0.1, 0.15) is 36.6 Å². The van der Waals surface area contributed by atoms with Crippen molar-refractivity contribution in [1.29, 1.82) is 0 Å². The topological polar surface area (TPSA) is 30.5 Å². The van der Waals surface area contributed by atoms with E-state index in [9.17, 15) is 8.78 Å². The highest BCUT2D eigenvalue weighted by Crippen LogP contribution is 2.38. The molecule has 1 N–H and O–H groups in total.